The van der Waals surface area contributed by atoms with E-state index < -0.39 is 140 Å². The Morgan fingerprint density at radius 2 is 0.667 bits per heavy atom. The largest absolute Gasteiger partial charge is 0.481 e. The molecule has 0 unspecified atom stereocenters. The van der Waals surface area contributed by atoms with Gasteiger partial charge in [0.05, 0.1) is 26.2 Å². The zero-order valence-electron chi connectivity index (χ0n) is 42.9. The molecule has 10 amide bonds. The van der Waals surface area contributed by atoms with Crippen molar-refractivity contribution in [2.24, 2.45) is 5.73 Å². The Bertz CT molecular complexity index is 2600. The van der Waals surface area contributed by atoms with Crippen LogP contribution in [0.15, 0.2) is 121 Å². The highest BCUT2D eigenvalue weighted by Gasteiger charge is 2.33. The number of aliphatic carboxylic acids is 1. The number of carbonyl (C=O) groups is 11. The maximum atomic E-state index is 14.2. The summed E-state index contributed by atoms with van der Waals surface area (Å²) in [4.78, 5) is 149. The predicted molar refractivity (Wildman–Crippen MR) is 284 cm³/mol. The van der Waals surface area contributed by atoms with Crippen LogP contribution >= 0.6 is 0 Å². The fourth-order valence-electron chi connectivity index (χ4n) is 8.18. The van der Waals surface area contributed by atoms with Crippen molar-refractivity contribution >= 4 is 65.0 Å². The number of carbonyl (C=O) groups excluding carboxylic acids is 10. The summed E-state index contributed by atoms with van der Waals surface area (Å²) >= 11 is 0. The standard InChI is InChI=1S/C55H67N11O12/c56-26-14-13-23-39-52(75)65-41(27-35-15-5-1-6-16-35)50(73)59-31-45(67)58-34-48(70)62-44(30-38-21-11-4-12-22-38)55(78)64-40(24-25-49(71)72)53(76)66-42(28-36-17-7-2-8-18-36)51(74)60-32-46(68)57-33-47(69)61-43(54(77)63-39)29-37-19-9-3-10-20-37/h1-12,15-22,39-44H,13-14,23-34,56H2,(H,57,68)(H,58,67)(H,59,73)(H,60,74)(H,61,69)(H,62,70)(H,63,77)(H,64,78)(H,65,75)(H,66,76)(H,71,72)/t39-,40+,41-,42+,43-,44+/m0/s1. The maximum Gasteiger partial charge on any atom is 0.303 e. The van der Waals surface area contributed by atoms with Gasteiger partial charge in [-0.3, -0.25) is 52.7 Å². The number of nitrogens with one attached hydrogen (secondary N) is 10. The molecule has 1 saturated heterocycles. The normalized spacial score (nSPS) is 21.3. The Morgan fingerprint density at radius 1 is 0.372 bits per heavy atom. The lowest BCUT2D eigenvalue weighted by Crippen LogP contribution is -2.59. The molecule has 0 saturated carbocycles. The van der Waals surface area contributed by atoms with Gasteiger partial charge in [-0.15, -0.1) is 0 Å². The van der Waals surface area contributed by atoms with Crippen LogP contribution in [0.4, 0.5) is 0 Å². The number of nitrogens with two attached hydrogens (primary N) is 1. The van der Waals surface area contributed by atoms with Crippen LogP contribution in [-0.4, -0.2) is 139 Å². The van der Waals surface area contributed by atoms with Crippen molar-refractivity contribution in [2.45, 2.75) is 94.0 Å². The van der Waals surface area contributed by atoms with Crippen molar-refractivity contribution in [3.05, 3.63) is 144 Å². The van der Waals surface area contributed by atoms with Gasteiger partial charge in [0, 0.05) is 32.1 Å². The molecule has 4 aromatic carbocycles. The summed E-state index contributed by atoms with van der Waals surface area (Å²) in [5, 5.41) is 35.0. The Labute approximate surface area is 450 Å². The van der Waals surface area contributed by atoms with Gasteiger partial charge < -0.3 is 64.0 Å². The van der Waals surface area contributed by atoms with Crippen LogP contribution in [0.2, 0.25) is 0 Å². The maximum absolute atomic E-state index is 14.2. The predicted octanol–water partition coefficient (Wildman–Crippen LogP) is -1.66. The molecule has 0 aromatic heterocycles. The number of amides is 10. The van der Waals surface area contributed by atoms with Gasteiger partial charge in [-0.25, -0.2) is 0 Å². The molecule has 1 heterocycles. The second-order valence-electron chi connectivity index (χ2n) is 18.4. The molecule has 78 heavy (non-hydrogen) atoms. The van der Waals surface area contributed by atoms with Gasteiger partial charge in [-0.2, -0.15) is 0 Å². The number of carboxylic acid groups (broad SMARTS) is 1. The Balaban J connectivity index is 1.45. The fraction of sp³-hybridized carbons (Fsp3) is 0.364. The third kappa shape index (κ3) is 21.3. The van der Waals surface area contributed by atoms with Crippen LogP contribution in [0.5, 0.6) is 0 Å². The highest BCUT2D eigenvalue weighted by atomic mass is 16.4. The first-order chi connectivity index (χ1) is 37.6. The molecule has 0 bridgehead atoms. The van der Waals surface area contributed by atoms with E-state index in [1.165, 1.54) is 0 Å². The van der Waals surface area contributed by atoms with Crippen molar-refractivity contribution < 1.29 is 57.8 Å². The first kappa shape index (κ1) is 59.9. The van der Waals surface area contributed by atoms with Crippen LogP contribution in [0.1, 0.15) is 54.4 Å². The average Bonchev–Trinajstić information content (AvgIpc) is 3.44. The average molecular weight is 1070 g/mol. The Hall–Kier alpha value is -8.99. The van der Waals surface area contributed by atoms with Crippen LogP contribution in [0.3, 0.4) is 0 Å². The molecule has 23 nitrogen and oxygen atoms in total. The zero-order chi connectivity index (χ0) is 56.2. The summed E-state index contributed by atoms with van der Waals surface area (Å²) in [6.45, 7) is -2.43. The van der Waals surface area contributed by atoms with Gasteiger partial charge in [-0.1, -0.05) is 121 Å². The molecular weight excluding hydrogens is 1010 g/mol. The van der Waals surface area contributed by atoms with Gasteiger partial charge in [0.25, 0.3) is 0 Å². The Kier molecular flexibility index (Phi) is 24.4. The first-order valence-corrected chi connectivity index (χ1v) is 25.5. The van der Waals surface area contributed by atoms with E-state index in [0.29, 0.717) is 35.1 Å². The summed E-state index contributed by atoms with van der Waals surface area (Å²) in [6, 6.07) is 26.0. The van der Waals surface area contributed by atoms with E-state index in [1.807, 2.05) is 0 Å². The SMILES string of the molecule is NCCCC[C@@H]1NC(=O)[C@H](Cc2ccccc2)NC(=O)CNC(=O)CNC(=O)[C@@H](Cc2ccccc2)NC(=O)[C@@H](CCC(=O)O)NC(=O)[C@@H](Cc2ccccc2)NC(=O)CNC(=O)CNC(=O)[C@H](Cc2ccccc2)NC1=O. The molecule has 0 radical (unpaired) electrons. The molecule has 6 atom stereocenters. The number of benzene rings is 4. The van der Waals surface area contributed by atoms with Crippen LogP contribution in [0.25, 0.3) is 0 Å². The van der Waals surface area contributed by atoms with E-state index in [1.54, 1.807) is 121 Å². The molecule has 23 heteroatoms. The lowest BCUT2D eigenvalue weighted by Gasteiger charge is -2.26. The van der Waals surface area contributed by atoms with Crippen molar-refractivity contribution in [1.29, 1.82) is 0 Å². The fourth-order valence-corrected chi connectivity index (χ4v) is 8.18. The molecule has 1 aliphatic heterocycles. The van der Waals surface area contributed by atoms with Crippen molar-refractivity contribution in [3.63, 3.8) is 0 Å². The minimum atomic E-state index is -1.58. The molecule has 0 aliphatic carbocycles. The second-order valence-corrected chi connectivity index (χ2v) is 18.4. The molecule has 1 fully saturated rings. The summed E-state index contributed by atoms with van der Waals surface area (Å²) in [5.74, 6) is -9.71. The molecule has 13 N–H and O–H groups in total. The van der Waals surface area contributed by atoms with Gasteiger partial charge in [-0.05, 0) is 54.5 Å². The van der Waals surface area contributed by atoms with Gasteiger partial charge in [0.15, 0.2) is 0 Å². The number of carboxylic acids is 1. The smallest absolute Gasteiger partial charge is 0.303 e. The second kappa shape index (κ2) is 31.8. The summed E-state index contributed by atoms with van der Waals surface area (Å²) < 4.78 is 0. The van der Waals surface area contributed by atoms with E-state index >= 15 is 0 Å². The van der Waals surface area contributed by atoms with Gasteiger partial charge in [0.1, 0.15) is 36.3 Å². The summed E-state index contributed by atoms with van der Waals surface area (Å²) in [6.07, 6.45) is -0.488. The van der Waals surface area contributed by atoms with Crippen molar-refractivity contribution in [3.8, 4) is 0 Å². The minimum absolute atomic E-state index is 0.0496. The van der Waals surface area contributed by atoms with Crippen LogP contribution < -0.4 is 58.9 Å². The highest BCUT2D eigenvalue weighted by Crippen LogP contribution is 2.11. The number of hydrogen-bond donors (Lipinski definition) is 12. The van der Waals surface area contributed by atoms with E-state index in [-0.39, 0.29) is 38.6 Å². The topological polar surface area (TPSA) is 354 Å². The number of hydrogen-bond acceptors (Lipinski definition) is 12. The molecule has 1 aliphatic rings. The van der Waals surface area contributed by atoms with E-state index in [9.17, 15) is 57.8 Å². The summed E-state index contributed by atoms with van der Waals surface area (Å²) in [7, 11) is 0. The van der Waals surface area contributed by atoms with Gasteiger partial charge in [0.2, 0.25) is 59.1 Å². The van der Waals surface area contributed by atoms with E-state index in [0.717, 1.165) is 0 Å². The first-order valence-electron chi connectivity index (χ1n) is 25.5. The third-order valence-corrected chi connectivity index (χ3v) is 12.3. The molecule has 0 spiro atoms. The molecule has 5 rings (SSSR count). The van der Waals surface area contributed by atoms with Crippen molar-refractivity contribution in [2.75, 3.05) is 32.7 Å². The summed E-state index contributed by atoms with van der Waals surface area (Å²) in [5.41, 5.74) is 8.19. The lowest BCUT2D eigenvalue weighted by molar-refractivity contribution is -0.138. The van der Waals surface area contributed by atoms with Crippen LogP contribution in [0, 0.1) is 0 Å². The van der Waals surface area contributed by atoms with Crippen LogP contribution in [-0.2, 0) is 78.4 Å². The molecular formula is C55H67N11O12. The van der Waals surface area contributed by atoms with E-state index in [4.69, 9.17) is 5.73 Å². The minimum Gasteiger partial charge on any atom is -0.481 e. The zero-order valence-corrected chi connectivity index (χ0v) is 42.9. The van der Waals surface area contributed by atoms with Gasteiger partial charge >= 0.3 is 5.97 Å². The Morgan fingerprint density at radius 3 is 1.00 bits per heavy atom. The number of unbranched alkanes of at least 4 members (excludes halogenated alkanes) is 1. The monoisotopic (exact) mass is 1070 g/mol. The molecule has 4 aromatic rings. The lowest BCUT2D eigenvalue weighted by atomic mass is 10.0. The number of rotatable bonds is 15. The molecule has 414 valence electrons. The third-order valence-electron chi connectivity index (χ3n) is 12.3. The highest BCUT2D eigenvalue weighted by molar-refractivity contribution is 5.98. The quantitative estimate of drug-likeness (QED) is 0.0594. The van der Waals surface area contributed by atoms with E-state index in [2.05, 4.69) is 53.2 Å². The van der Waals surface area contributed by atoms with Crippen molar-refractivity contribution in [1.82, 2.24) is 53.2 Å².